The zero-order valence-electron chi connectivity index (χ0n) is 23.8. The number of aliphatic imine (C=N–C) groups is 1. The van der Waals surface area contributed by atoms with Crippen molar-refractivity contribution in [1.82, 2.24) is 9.88 Å². The fourth-order valence-electron chi connectivity index (χ4n) is 6.36. The third kappa shape index (κ3) is 5.62. The van der Waals surface area contributed by atoms with E-state index in [2.05, 4.69) is 9.98 Å². The van der Waals surface area contributed by atoms with Crippen LogP contribution in [0.5, 0.6) is 34.6 Å². The molecular formula is C31H31F2N5O6. The Morgan fingerprint density at radius 2 is 1.98 bits per heavy atom. The van der Waals surface area contributed by atoms with Crippen molar-refractivity contribution in [3.63, 3.8) is 0 Å². The van der Waals surface area contributed by atoms with Crippen LogP contribution in [-0.2, 0) is 4.79 Å². The van der Waals surface area contributed by atoms with E-state index in [0.29, 0.717) is 36.6 Å². The number of ether oxygens (including phenoxy) is 3. The molecule has 1 aliphatic heterocycles. The van der Waals surface area contributed by atoms with Crippen LogP contribution in [-0.4, -0.2) is 57.3 Å². The van der Waals surface area contributed by atoms with Crippen LogP contribution in [0.2, 0.25) is 0 Å². The highest BCUT2D eigenvalue weighted by Crippen LogP contribution is 2.50. The summed E-state index contributed by atoms with van der Waals surface area (Å²) in [6.07, 6.45) is 5.40. The van der Waals surface area contributed by atoms with Crippen molar-refractivity contribution in [2.75, 3.05) is 13.6 Å². The number of hydrogen-bond acceptors (Lipinski definition) is 9. The average molecular weight is 608 g/mol. The van der Waals surface area contributed by atoms with Crippen LogP contribution in [0.25, 0.3) is 0 Å². The number of aromatic nitrogens is 1. The van der Waals surface area contributed by atoms with Gasteiger partial charge in [-0.15, -0.1) is 0 Å². The molecule has 0 saturated heterocycles. The van der Waals surface area contributed by atoms with Crippen molar-refractivity contribution in [3.05, 3.63) is 65.4 Å². The lowest BCUT2D eigenvalue weighted by atomic mass is 9.78. The van der Waals surface area contributed by atoms with Crippen molar-refractivity contribution >= 4 is 18.0 Å². The molecule has 4 atom stereocenters. The van der Waals surface area contributed by atoms with Gasteiger partial charge in [0.25, 0.3) is 5.88 Å². The van der Waals surface area contributed by atoms with E-state index in [1.54, 1.807) is 18.3 Å². The first-order valence-electron chi connectivity index (χ1n) is 14.2. The second-order valence-corrected chi connectivity index (χ2v) is 11.6. The average Bonchev–Trinajstić information content (AvgIpc) is 3.54. The van der Waals surface area contributed by atoms with Gasteiger partial charge in [-0.2, -0.15) is 4.39 Å². The summed E-state index contributed by atoms with van der Waals surface area (Å²) >= 11 is 0. The van der Waals surface area contributed by atoms with Crippen molar-refractivity contribution < 1.29 is 38.0 Å². The number of carboxylic acids is 1. The van der Waals surface area contributed by atoms with Gasteiger partial charge in [0.15, 0.2) is 17.3 Å². The van der Waals surface area contributed by atoms with Crippen LogP contribution in [0.1, 0.15) is 49.4 Å². The molecular weight excluding hydrogens is 576 g/mol. The maximum absolute atomic E-state index is 15.7. The third-order valence-electron chi connectivity index (χ3n) is 8.47. The normalized spacial score (nSPS) is 24.3. The van der Waals surface area contributed by atoms with Gasteiger partial charge in [-0.3, -0.25) is 20.1 Å². The maximum Gasteiger partial charge on any atom is 0.306 e. The fraction of sp³-hybridized carbons (Fsp3) is 0.355. The molecule has 13 heteroatoms. The van der Waals surface area contributed by atoms with E-state index in [9.17, 15) is 19.4 Å². The number of hydrogen-bond donors (Lipinski definition) is 4. The Labute approximate surface area is 251 Å². The van der Waals surface area contributed by atoms with Crippen molar-refractivity contribution in [3.8, 4) is 34.6 Å². The highest BCUT2D eigenvalue weighted by atomic mass is 19.1. The molecule has 3 aromatic rings. The number of nitrogens with zero attached hydrogens (tertiary/aromatic N) is 3. The zero-order valence-corrected chi connectivity index (χ0v) is 23.8. The van der Waals surface area contributed by atoms with Gasteiger partial charge in [-0.05, 0) is 75.0 Å². The molecule has 230 valence electrons. The zero-order chi connectivity index (χ0) is 31.2. The molecule has 2 aromatic carbocycles. The van der Waals surface area contributed by atoms with Crippen LogP contribution in [0.4, 0.5) is 8.78 Å². The number of nitrogens with two attached hydrogens (primary N) is 1. The molecule has 0 spiro atoms. The number of rotatable bonds is 9. The van der Waals surface area contributed by atoms with E-state index in [0.717, 1.165) is 25.5 Å². The fourth-order valence-corrected chi connectivity index (χ4v) is 6.36. The Morgan fingerprint density at radius 1 is 1.16 bits per heavy atom. The number of benzene rings is 2. The molecule has 4 unspecified atom stereocenters. The summed E-state index contributed by atoms with van der Waals surface area (Å²) in [5.74, 6) is -5.13. The van der Waals surface area contributed by atoms with E-state index in [1.165, 1.54) is 24.3 Å². The van der Waals surface area contributed by atoms with E-state index < -0.39 is 46.9 Å². The molecule has 5 N–H and O–H groups in total. The van der Waals surface area contributed by atoms with Crippen molar-refractivity contribution in [2.24, 2.45) is 22.6 Å². The second-order valence-electron chi connectivity index (χ2n) is 11.6. The van der Waals surface area contributed by atoms with Crippen molar-refractivity contribution in [2.45, 2.75) is 43.9 Å². The Morgan fingerprint density at radius 3 is 2.70 bits per heavy atom. The molecule has 2 heterocycles. The molecule has 11 nitrogen and oxygen atoms in total. The van der Waals surface area contributed by atoms with Gasteiger partial charge in [-0.1, -0.05) is 0 Å². The first-order chi connectivity index (χ1) is 21.0. The van der Waals surface area contributed by atoms with Crippen LogP contribution in [0.15, 0.2) is 47.6 Å². The number of fused-ring (bicyclic) bond motifs is 2. The Hall–Kier alpha value is -4.78. The lowest BCUT2D eigenvalue weighted by molar-refractivity contribution is -0.145. The number of aromatic hydroxyl groups is 1. The maximum atomic E-state index is 15.7. The monoisotopic (exact) mass is 607 g/mol. The van der Waals surface area contributed by atoms with Gasteiger partial charge >= 0.3 is 5.97 Å². The van der Waals surface area contributed by atoms with E-state index in [1.807, 2.05) is 11.9 Å². The number of amidine groups is 1. The van der Waals surface area contributed by atoms with Gasteiger partial charge in [0, 0.05) is 30.3 Å². The molecule has 2 saturated carbocycles. The first-order valence-corrected chi connectivity index (χ1v) is 14.2. The molecule has 0 amide bonds. The molecule has 2 fully saturated rings. The molecule has 44 heavy (non-hydrogen) atoms. The summed E-state index contributed by atoms with van der Waals surface area (Å²) < 4.78 is 48.4. The number of pyridine rings is 1. The Bertz CT molecular complexity index is 1670. The van der Waals surface area contributed by atoms with E-state index in [-0.39, 0.29) is 28.6 Å². The summed E-state index contributed by atoms with van der Waals surface area (Å²) in [7, 11) is 1.84. The second kappa shape index (κ2) is 11.4. The van der Waals surface area contributed by atoms with Gasteiger partial charge in [0.2, 0.25) is 11.6 Å². The number of phenolic OH excluding ortho intramolecular Hbond substituents is 1. The number of carboxylic acid groups (broad SMARTS) is 1. The minimum atomic E-state index is -1.26. The SMILES string of the molecule is CN1CC=NC1c1cc(OC23CCC(CC(C(=O)O)C2)C3)ccc1Oc1c(F)cnc(Oc2cc(C(=N)N)ccc2O)c1F. The van der Waals surface area contributed by atoms with Gasteiger partial charge in [0.05, 0.1) is 12.1 Å². The molecule has 1 aromatic heterocycles. The topological polar surface area (TPSA) is 164 Å². The van der Waals surface area contributed by atoms with Gasteiger partial charge in [-0.25, -0.2) is 9.37 Å². The summed E-state index contributed by atoms with van der Waals surface area (Å²) in [6, 6.07) is 8.71. The number of phenols is 1. The lowest BCUT2D eigenvalue weighted by Crippen LogP contribution is -2.40. The number of halogens is 2. The summed E-state index contributed by atoms with van der Waals surface area (Å²) in [5.41, 5.74) is 5.60. The number of nitrogens with one attached hydrogen (secondary N) is 1. The van der Waals surface area contributed by atoms with Crippen LogP contribution < -0.4 is 19.9 Å². The summed E-state index contributed by atoms with van der Waals surface area (Å²) in [5, 5.41) is 27.4. The van der Waals surface area contributed by atoms with Gasteiger partial charge in [0.1, 0.15) is 29.1 Å². The molecule has 2 bridgehead atoms. The number of nitrogen functional groups attached to an aromatic ring is 1. The summed E-state index contributed by atoms with van der Waals surface area (Å²) in [6.45, 7) is 0.542. The predicted molar refractivity (Wildman–Crippen MR) is 155 cm³/mol. The third-order valence-corrected chi connectivity index (χ3v) is 8.47. The quantitative estimate of drug-likeness (QED) is 0.185. The highest BCUT2D eigenvalue weighted by molar-refractivity contribution is 5.95. The molecule has 3 aliphatic rings. The van der Waals surface area contributed by atoms with Crippen LogP contribution >= 0.6 is 0 Å². The first kappa shape index (κ1) is 29.3. The smallest absolute Gasteiger partial charge is 0.306 e. The van der Waals surface area contributed by atoms with Gasteiger partial charge < -0.3 is 30.2 Å². The molecule has 0 radical (unpaired) electrons. The lowest BCUT2D eigenvalue weighted by Gasteiger charge is -2.37. The minimum absolute atomic E-state index is 0.110. The summed E-state index contributed by atoms with van der Waals surface area (Å²) in [4.78, 5) is 21.9. The van der Waals surface area contributed by atoms with E-state index >= 15 is 4.39 Å². The largest absolute Gasteiger partial charge is 0.504 e. The number of carbonyl (C=O) groups is 1. The highest BCUT2D eigenvalue weighted by Gasteiger charge is 2.49. The van der Waals surface area contributed by atoms with E-state index in [4.69, 9.17) is 25.4 Å². The molecule has 6 rings (SSSR count). The Balaban J connectivity index is 1.32. The van der Waals surface area contributed by atoms with Crippen molar-refractivity contribution in [1.29, 1.82) is 5.41 Å². The standard InChI is InChI=1S/C31H31F2N5O6/c1-38-9-8-36-28(38)20-12-19(44-31-7-6-16(13-31)10-18(14-31)30(40)41)3-5-23(20)42-26-21(32)15-37-29(25(26)33)43-24-11-17(27(34)35)2-4-22(24)39/h2-5,8,11-12,15-16,18,28,39H,6-7,9-10,13-14H2,1H3,(H3,34,35)(H,40,41). The minimum Gasteiger partial charge on any atom is -0.504 e. The predicted octanol–water partition coefficient (Wildman–Crippen LogP) is 5.36. The molecule has 2 aliphatic carbocycles. The van der Waals surface area contributed by atoms with Crippen LogP contribution in [0.3, 0.4) is 0 Å². The Kier molecular flexibility index (Phi) is 7.58. The number of aliphatic carboxylic acids is 1. The van der Waals surface area contributed by atoms with Crippen LogP contribution in [0, 0.1) is 28.9 Å².